The first kappa shape index (κ1) is 19.4. The van der Waals surface area contributed by atoms with Crippen LogP contribution in [0, 0.1) is 0 Å². The molecule has 0 unspecified atom stereocenters. The summed E-state index contributed by atoms with van der Waals surface area (Å²) in [5.41, 5.74) is 1.21. The lowest BCUT2D eigenvalue weighted by molar-refractivity contribution is -0.169. The van der Waals surface area contributed by atoms with E-state index in [4.69, 9.17) is 14.2 Å². The highest BCUT2D eigenvalue weighted by Gasteiger charge is 2.35. The molecule has 26 heavy (non-hydrogen) atoms. The fourth-order valence-corrected chi connectivity index (χ4v) is 2.35. The van der Waals surface area contributed by atoms with E-state index in [0.29, 0.717) is 12.0 Å². The Kier molecular flexibility index (Phi) is 6.68. The molecule has 7 heteroatoms. The number of hydrogen-bond acceptors (Lipinski definition) is 7. The molecular weight excluding hydrogens is 340 g/mol. The van der Waals surface area contributed by atoms with Crippen molar-refractivity contribution in [3.63, 3.8) is 0 Å². The van der Waals surface area contributed by atoms with E-state index in [1.807, 2.05) is 30.3 Å². The first-order valence-electron chi connectivity index (χ1n) is 7.90. The molecule has 2 atom stereocenters. The average Bonchev–Trinajstić information content (AvgIpc) is 3.04. The van der Waals surface area contributed by atoms with Gasteiger partial charge < -0.3 is 18.9 Å². The zero-order valence-corrected chi connectivity index (χ0v) is 14.8. The number of methoxy groups -OCH3 is 2. The number of allylic oxidation sites excluding steroid dienone is 1. The molecule has 1 heterocycles. The van der Waals surface area contributed by atoms with Crippen LogP contribution in [-0.4, -0.2) is 44.3 Å². The van der Waals surface area contributed by atoms with E-state index in [2.05, 4.69) is 4.74 Å². The zero-order chi connectivity index (χ0) is 19.1. The van der Waals surface area contributed by atoms with Crippen LogP contribution in [0.2, 0.25) is 0 Å². The van der Waals surface area contributed by atoms with E-state index >= 15 is 0 Å². The average molecular weight is 360 g/mol. The molecule has 1 aromatic carbocycles. The molecule has 1 aromatic rings. The maximum absolute atomic E-state index is 12.2. The first-order valence-corrected chi connectivity index (χ1v) is 7.90. The molecule has 0 bridgehead atoms. The largest absolute Gasteiger partial charge is 0.463 e. The van der Waals surface area contributed by atoms with Crippen molar-refractivity contribution in [1.82, 2.24) is 0 Å². The van der Waals surface area contributed by atoms with Crippen molar-refractivity contribution in [2.24, 2.45) is 0 Å². The lowest BCUT2D eigenvalue weighted by atomic mass is 10.0. The molecule has 0 aromatic heterocycles. The smallest absolute Gasteiger partial charge is 0.373 e. The summed E-state index contributed by atoms with van der Waals surface area (Å²) >= 11 is 0. The fraction of sp³-hybridized carbons (Fsp3) is 0.316. The van der Waals surface area contributed by atoms with Gasteiger partial charge in [-0.15, -0.1) is 0 Å². The van der Waals surface area contributed by atoms with Crippen molar-refractivity contribution < 1.29 is 33.3 Å². The Morgan fingerprint density at radius 1 is 1.15 bits per heavy atom. The van der Waals surface area contributed by atoms with Gasteiger partial charge in [0.25, 0.3) is 0 Å². The van der Waals surface area contributed by atoms with E-state index in [-0.39, 0.29) is 11.5 Å². The van der Waals surface area contributed by atoms with Crippen LogP contribution in [0.15, 0.2) is 53.8 Å². The number of hydrogen-bond donors (Lipinski definition) is 0. The third-order valence-electron chi connectivity index (χ3n) is 3.68. The molecule has 1 aliphatic rings. The van der Waals surface area contributed by atoms with Gasteiger partial charge in [-0.2, -0.15) is 0 Å². The van der Waals surface area contributed by atoms with Crippen molar-refractivity contribution >= 4 is 17.7 Å². The van der Waals surface area contributed by atoms with Crippen LogP contribution in [0.3, 0.4) is 0 Å². The Morgan fingerprint density at radius 2 is 1.85 bits per heavy atom. The SMILES string of the molecule is COC(=O)C1=C[C@@H](OC(=O)/C=C(\Cc2ccccc2)C(C)=O)[C@H](OC)O1. The Balaban J connectivity index is 2.10. The molecule has 0 fully saturated rings. The van der Waals surface area contributed by atoms with Crippen LogP contribution in [-0.2, 0) is 39.8 Å². The second-order valence-electron chi connectivity index (χ2n) is 5.53. The molecular formula is C19H20O7. The van der Waals surface area contributed by atoms with Gasteiger partial charge in [-0.25, -0.2) is 9.59 Å². The molecule has 2 rings (SSSR count). The van der Waals surface area contributed by atoms with Gasteiger partial charge >= 0.3 is 11.9 Å². The quantitative estimate of drug-likeness (QED) is 0.540. The van der Waals surface area contributed by atoms with Crippen LogP contribution in [0.4, 0.5) is 0 Å². The molecule has 0 spiro atoms. The number of rotatable bonds is 7. The van der Waals surface area contributed by atoms with Gasteiger partial charge in [-0.1, -0.05) is 30.3 Å². The standard InChI is InChI=1S/C19H20O7/c1-12(20)14(9-13-7-5-4-6-8-13)10-17(21)25-16-11-15(18(22)23-2)26-19(16)24-3/h4-8,10-11,16,19H,9H2,1-3H3/b14-10+/t16-,19-/m1/s1. The maximum Gasteiger partial charge on any atom is 0.373 e. The number of ketones is 1. The molecule has 0 saturated heterocycles. The number of Topliss-reactive ketones (excluding diaryl/α,β-unsaturated/α-hetero) is 1. The highest BCUT2D eigenvalue weighted by molar-refractivity contribution is 5.99. The molecule has 0 radical (unpaired) electrons. The van der Waals surface area contributed by atoms with E-state index in [0.717, 1.165) is 11.6 Å². The van der Waals surface area contributed by atoms with Crippen LogP contribution in [0.25, 0.3) is 0 Å². The van der Waals surface area contributed by atoms with Crippen molar-refractivity contribution in [2.45, 2.75) is 25.7 Å². The monoisotopic (exact) mass is 360 g/mol. The predicted octanol–water partition coefficient (Wildman–Crippen LogP) is 1.72. The minimum absolute atomic E-state index is 0.0998. The third-order valence-corrected chi connectivity index (χ3v) is 3.68. The minimum Gasteiger partial charge on any atom is -0.463 e. The van der Waals surface area contributed by atoms with Gasteiger partial charge in [0.1, 0.15) is 0 Å². The Morgan fingerprint density at radius 3 is 2.42 bits per heavy atom. The second kappa shape index (κ2) is 8.96. The van der Waals surface area contributed by atoms with E-state index in [9.17, 15) is 14.4 Å². The molecule has 0 aliphatic carbocycles. The lowest BCUT2D eigenvalue weighted by Crippen LogP contribution is -2.29. The van der Waals surface area contributed by atoms with Crippen LogP contribution in [0.1, 0.15) is 12.5 Å². The van der Waals surface area contributed by atoms with Gasteiger partial charge in [0.2, 0.25) is 12.0 Å². The number of carbonyl (C=O) groups is 3. The van der Waals surface area contributed by atoms with E-state index < -0.39 is 24.3 Å². The number of benzene rings is 1. The van der Waals surface area contributed by atoms with E-state index in [1.165, 1.54) is 27.2 Å². The zero-order valence-electron chi connectivity index (χ0n) is 14.8. The maximum atomic E-state index is 12.2. The summed E-state index contributed by atoms with van der Waals surface area (Å²) in [6.07, 6.45) is 0.866. The summed E-state index contributed by atoms with van der Waals surface area (Å²) in [4.78, 5) is 35.5. The van der Waals surface area contributed by atoms with Crippen molar-refractivity contribution in [2.75, 3.05) is 14.2 Å². The minimum atomic E-state index is -0.962. The number of carbonyl (C=O) groups excluding carboxylic acids is 3. The molecule has 1 aliphatic heterocycles. The van der Waals surface area contributed by atoms with Crippen LogP contribution < -0.4 is 0 Å². The summed E-state index contributed by atoms with van der Waals surface area (Å²) in [6, 6.07) is 9.29. The van der Waals surface area contributed by atoms with Crippen LogP contribution in [0.5, 0.6) is 0 Å². The summed E-state index contributed by atoms with van der Waals surface area (Å²) < 4.78 is 20.1. The van der Waals surface area contributed by atoms with Crippen molar-refractivity contribution in [3.8, 4) is 0 Å². The van der Waals surface area contributed by atoms with Crippen molar-refractivity contribution in [1.29, 1.82) is 0 Å². The van der Waals surface area contributed by atoms with Crippen molar-refractivity contribution in [3.05, 3.63) is 59.4 Å². The summed E-state index contributed by atoms with van der Waals surface area (Å²) in [5.74, 6) is -1.77. The Hall–Kier alpha value is -2.93. The van der Waals surface area contributed by atoms with Gasteiger partial charge in [-0.3, -0.25) is 4.79 Å². The fourth-order valence-electron chi connectivity index (χ4n) is 2.35. The third kappa shape index (κ3) is 5.03. The highest BCUT2D eigenvalue weighted by Crippen LogP contribution is 2.22. The van der Waals surface area contributed by atoms with Gasteiger partial charge in [-0.05, 0) is 12.5 Å². The predicted molar refractivity (Wildman–Crippen MR) is 90.8 cm³/mol. The van der Waals surface area contributed by atoms with Gasteiger partial charge in [0, 0.05) is 31.3 Å². The summed E-state index contributed by atoms with van der Waals surface area (Å²) in [7, 11) is 2.56. The normalized spacial score (nSPS) is 19.3. The van der Waals surface area contributed by atoms with Gasteiger partial charge in [0.15, 0.2) is 11.9 Å². The highest BCUT2D eigenvalue weighted by atomic mass is 16.7. The summed E-state index contributed by atoms with van der Waals surface area (Å²) in [5, 5.41) is 0. The molecule has 0 N–H and O–H groups in total. The molecule has 7 nitrogen and oxygen atoms in total. The second-order valence-corrected chi connectivity index (χ2v) is 5.53. The van der Waals surface area contributed by atoms with Crippen LogP contribution >= 0.6 is 0 Å². The Bertz CT molecular complexity index is 734. The van der Waals surface area contributed by atoms with E-state index in [1.54, 1.807) is 0 Å². The molecule has 138 valence electrons. The molecule has 0 amide bonds. The lowest BCUT2D eigenvalue weighted by Gasteiger charge is -2.17. The number of ether oxygens (including phenoxy) is 4. The molecule has 0 saturated carbocycles. The first-order chi connectivity index (χ1) is 12.4. The Labute approximate surface area is 151 Å². The number of esters is 2. The topological polar surface area (TPSA) is 88.1 Å². The summed E-state index contributed by atoms with van der Waals surface area (Å²) in [6.45, 7) is 1.38. The van der Waals surface area contributed by atoms with Gasteiger partial charge in [0.05, 0.1) is 7.11 Å².